The molecular formula is C12H11ClFNO5S. The molecule has 2 rings (SSSR count). The molecule has 0 bridgehead atoms. The molecule has 21 heavy (non-hydrogen) atoms. The van der Waals surface area contributed by atoms with Crippen molar-refractivity contribution < 1.29 is 27.5 Å². The first kappa shape index (κ1) is 15.7. The molecule has 0 heterocycles. The fraction of sp³-hybridized carbons (Fsp3) is 0.333. The molecule has 114 valence electrons. The summed E-state index contributed by atoms with van der Waals surface area (Å²) in [5.41, 5.74) is -0.858. The molecular weight excluding hydrogens is 325 g/mol. The van der Waals surface area contributed by atoms with E-state index in [0.717, 1.165) is 25.0 Å². The number of aromatic carboxylic acids is 1. The Kier molecular flexibility index (Phi) is 4.20. The van der Waals surface area contributed by atoms with Gasteiger partial charge in [-0.05, 0) is 25.0 Å². The van der Waals surface area contributed by atoms with Crippen LogP contribution in [0, 0.1) is 5.82 Å². The van der Waals surface area contributed by atoms with Gasteiger partial charge in [0.2, 0.25) is 5.91 Å². The van der Waals surface area contributed by atoms with E-state index in [2.05, 4.69) is 5.32 Å². The van der Waals surface area contributed by atoms with Crippen molar-refractivity contribution in [3.05, 3.63) is 28.5 Å². The van der Waals surface area contributed by atoms with Gasteiger partial charge >= 0.3 is 5.97 Å². The Morgan fingerprint density at radius 2 is 2.00 bits per heavy atom. The number of nitrogens with one attached hydrogen (secondary N) is 1. The van der Waals surface area contributed by atoms with E-state index in [1.807, 2.05) is 0 Å². The van der Waals surface area contributed by atoms with E-state index in [-0.39, 0.29) is 11.1 Å². The molecule has 0 radical (unpaired) electrons. The maximum absolute atomic E-state index is 14.0. The minimum absolute atomic E-state index is 0.0357. The molecule has 1 fully saturated rings. The Morgan fingerprint density at radius 3 is 2.52 bits per heavy atom. The van der Waals surface area contributed by atoms with Crippen LogP contribution in [0.25, 0.3) is 0 Å². The molecule has 0 unspecified atom stereocenters. The van der Waals surface area contributed by atoms with E-state index in [9.17, 15) is 22.4 Å². The molecule has 1 amide bonds. The minimum atomic E-state index is -4.32. The second-order valence-corrected chi connectivity index (χ2v) is 7.07. The van der Waals surface area contributed by atoms with Crippen molar-refractivity contribution in [1.82, 2.24) is 5.32 Å². The number of carboxylic acid groups (broad SMARTS) is 1. The summed E-state index contributed by atoms with van der Waals surface area (Å²) in [4.78, 5) is 21.5. The van der Waals surface area contributed by atoms with Crippen LogP contribution in [0.15, 0.2) is 17.0 Å². The van der Waals surface area contributed by atoms with E-state index < -0.39 is 43.7 Å². The number of halogens is 2. The topological polar surface area (TPSA) is 101 Å². The number of benzene rings is 1. The van der Waals surface area contributed by atoms with Crippen LogP contribution in [-0.4, -0.2) is 37.2 Å². The number of carbonyl (C=O) groups is 2. The van der Waals surface area contributed by atoms with Gasteiger partial charge < -0.3 is 10.4 Å². The zero-order valence-electron chi connectivity index (χ0n) is 10.6. The van der Waals surface area contributed by atoms with E-state index in [1.54, 1.807) is 0 Å². The monoisotopic (exact) mass is 335 g/mol. The lowest BCUT2D eigenvalue weighted by Gasteiger charge is -2.08. The van der Waals surface area contributed by atoms with E-state index >= 15 is 0 Å². The Balaban J connectivity index is 2.34. The molecule has 2 N–H and O–H groups in total. The van der Waals surface area contributed by atoms with Crippen LogP contribution < -0.4 is 5.32 Å². The van der Waals surface area contributed by atoms with Crippen LogP contribution in [0.5, 0.6) is 0 Å². The summed E-state index contributed by atoms with van der Waals surface area (Å²) in [6.45, 7) is 0. The summed E-state index contributed by atoms with van der Waals surface area (Å²) in [6.07, 6.45) is 1.56. The summed E-state index contributed by atoms with van der Waals surface area (Å²) in [6, 6.07) is 1.57. The van der Waals surface area contributed by atoms with Gasteiger partial charge in [-0.1, -0.05) is 11.6 Å². The van der Waals surface area contributed by atoms with Crippen molar-refractivity contribution in [2.45, 2.75) is 23.8 Å². The van der Waals surface area contributed by atoms with Gasteiger partial charge in [0.1, 0.15) is 10.6 Å². The van der Waals surface area contributed by atoms with Gasteiger partial charge in [-0.15, -0.1) is 0 Å². The van der Waals surface area contributed by atoms with Gasteiger partial charge in [-0.3, -0.25) is 4.79 Å². The van der Waals surface area contributed by atoms with Gasteiger partial charge in [-0.25, -0.2) is 17.6 Å². The van der Waals surface area contributed by atoms with Crippen LogP contribution in [-0.2, 0) is 14.6 Å². The van der Waals surface area contributed by atoms with Gasteiger partial charge in [0.05, 0.1) is 5.56 Å². The van der Waals surface area contributed by atoms with Crippen molar-refractivity contribution in [1.29, 1.82) is 0 Å². The molecule has 9 heteroatoms. The van der Waals surface area contributed by atoms with Crippen LogP contribution >= 0.6 is 11.6 Å². The Labute approximate surface area is 124 Å². The maximum atomic E-state index is 14.0. The predicted molar refractivity (Wildman–Crippen MR) is 71.6 cm³/mol. The largest absolute Gasteiger partial charge is 0.478 e. The smallest absolute Gasteiger partial charge is 0.338 e. The number of rotatable bonds is 5. The average Bonchev–Trinajstić information content (AvgIpc) is 3.14. The third-order valence-corrected chi connectivity index (χ3v) is 4.66. The zero-order chi connectivity index (χ0) is 15.8. The highest BCUT2D eigenvalue weighted by atomic mass is 35.5. The molecule has 0 atom stereocenters. The van der Waals surface area contributed by atoms with E-state index in [1.165, 1.54) is 0 Å². The maximum Gasteiger partial charge on any atom is 0.338 e. The van der Waals surface area contributed by atoms with Gasteiger partial charge in [0.25, 0.3) is 0 Å². The Bertz CT molecular complexity index is 715. The summed E-state index contributed by atoms with van der Waals surface area (Å²) >= 11 is 5.61. The number of hydrogen-bond donors (Lipinski definition) is 2. The Hall–Kier alpha value is -1.67. The SMILES string of the molecule is O=C(CS(=O)(=O)c1cc(Cl)cc(C(=O)O)c1F)NC1CC1. The number of carboxylic acids is 1. The van der Waals surface area contributed by atoms with E-state index in [4.69, 9.17) is 16.7 Å². The summed E-state index contributed by atoms with van der Waals surface area (Å²) < 4.78 is 38.1. The molecule has 1 aliphatic carbocycles. The summed E-state index contributed by atoms with van der Waals surface area (Å²) in [7, 11) is -4.32. The highest BCUT2D eigenvalue weighted by Gasteiger charge is 2.30. The predicted octanol–water partition coefficient (Wildman–Crippen LogP) is 1.23. The van der Waals surface area contributed by atoms with Gasteiger partial charge in [-0.2, -0.15) is 0 Å². The molecule has 0 aromatic heterocycles. The van der Waals surface area contributed by atoms with Gasteiger partial charge in [0, 0.05) is 11.1 Å². The van der Waals surface area contributed by atoms with Crippen molar-refractivity contribution >= 4 is 33.3 Å². The fourth-order valence-corrected chi connectivity index (χ4v) is 3.25. The van der Waals surface area contributed by atoms with Gasteiger partial charge in [0.15, 0.2) is 15.7 Å². The third kappa shape index (κ3) is 3.70. The quantitative estimate of drug-likeness (QED) is 0.843. The number of hydrogen-bond acceptors (Lipinski definition) is 4. The number of amides is 1. The molecule has 0 spiro atoms. The lowest BCUT2D eigenvalue weighted by molar-refractivity contribution is -0.118. The summed E-state index contributed by atoms with van der Waals surface area (Å²) in [5.74, 6) is -4.78. The lowest BCUT2D eigenvalue weighted by atomic mass is 10.2. The summed E-state index contributed by atoms with van der Waals surface area (Å²) in [5, 5.41) is 11.0. The second-order valence-electron chi connectivity index (χ2n) is 4.67. The van der Waals surface area contributed by atoms with Crippen molar-refractivity contribution in [2.24, 2.45) is 0 Å². The van der Waals surface area contributed by atoms with Crippen molar-refractivity contribution in [3.8, 4) is 0 Å². The van der Waals surface area contributed by atoms with Crippen molar-refractivity contribution in [3.63, 3.8) is 0 Å². The second kappa shape index (κ2) is 5.61. The van der Waals surface area contributed by atoms with Crippen LogP contribution in [0.4, 0.5) is 4.39 Å². The average molecular weight is 336 g/mol. The molecule has 0 saturated heterocycles. The normalized spacial score (nSPS) is 14.8. The molecule has 1 saturated carbocycles. The highest BCUT2D eigenvalue weighted by molar-refractivity contribution is 7.92. The zero-order valence-corrected chi connectivity index (χ0v) is 12.2. The van der Waals surface area contributed by atoms with Crippen LogP contribution in [0.2, 0.25) is 5.02 Å². The number of carbonyl (C=O) groups excluding carboxylic acids is 1. The van der Waals surface area contributed by atoms with Crippen LogP contribution in [0.1, 0.15) is 23.2 Å². The Morgan fingerprint density at radius 1 is 1.38 bits per heavy atom. The first-order valence-corrected chi connectivity index (χ1v) is 7.98. The molecule has 1 aromatic rings. The minimum Gasteiger partial charge on any atom is -0.478 e. The number of sulfone groups is 1. The first-order chi connectivity index (χ1) is 9.70. The molecule has 0 aliphatic heterocycles. The molecule has 6 nitrogen and oxygen atoms in total. The fourth-order valence-electron chi connectivity index (χ4n) is 1.69. The lowest BCUT2D eigenvalue weighted by Crippen LogP contribution is -2.32. The third-order valence-electron chi connectivity index (χ3n) is 2.83. The highest BCUT2D eigenvalue weighted by Crippen LogP contribution is 2.25. The first-order valence-electron chi connectivity index (χ1n) is 5.95. The standard InChI is InChI=1S/C12H11ClFNO5S/c13-6-3-8(12(17)18)11(14)9(4-6)21(19,20)5-10(16)15-7-1-2-7/h3-4,7H,1-2,5H2,(H,15,16)(H,17,18). The molecule has 1 aromatic carbocycles. The van der Waals surface area contributed by atoms with E-state index in [0.29, 0.717) is 0 Å². The van der Waals surface area contributed by atoms with Crippen LogP contribution in [0.3, 0.4) is 0 Å². The molecule has 1 aliphatic rings. The van der Waals surface area contributed by atoms with Crippen molar-refractivity contribution in [2.75, 3.05) is 5.75 Å².